The minimum absolute atomic E-state index is 0.0134. The Balaban J connectivity index is 2.94. The lowest BCUT2D eigenvalue weighted by Crippen LogP contribution is -2.71. The van der Waals surface area contributed by atoms with Gasteiger partial charge in [0.1, 0.15) is 37.1 Å². The molecular formula is C45H89O23P3. The Kier molecular flexibility index (Phi) is 36.1. The van der Waals surface area contributed by atoms with Crippen molar-refractivity contribution >= 4 is 35.4 Å². The van der Waals surface area contributed by atoms with E-state index in [2.05, 4.69) is 23.4 Å². The largest absolute Gasteiger partial charge is 0.499 e. The molecule has 1 saturated carbocycles. The van der Waals surface area contributed by atoms with Crippen molar-refractivity contribution < 1.29 is 111 Å². The molecule has 1 fully saturated rings. The van der Waals surface area contributed by atoms with Crippen molar-refractivity contribution in [1.82, 2.24) is 0 Å². The average Bonchev–Trinajstić information content (AvgIpc) is 3.29. The van der Waals surface area contributed by atoms with Gasteiger partial charge in [0.2, 0.25) is 0 Å². The van der Waals surface area contributed by atoms with E-state index >= 15 is 0 Å². The first-order chi connectivity index (χ1) is 33.4. The predicted octanol–water partition coefficient (Wildman–Crippen LogP) is 6.71. The molecule has 0 bridgehead atoms. The van der Waals surface area contributed by atoms with Crippen LogP contribution in [0.15, 0.2) is 0 Å². The van der Waals surface area contributed by atoms with E-state index in [9.17, 15) is 78.4 Å². The number of hydrogen-bond acceptors (Lipinski definition) is 18. The zero-order chi connectivity index (χ0) is 53.4. The number of carbonyl (C=O) groups is 2. The average molecular weight is 1090 g/mol. The van der Waals surface area contributed by atoms with Crippen molar-refractivity contribution in [2.75, 3.05) is 13.2 Å². The van der Waals surface area contributed by atoms with Gasteiger partial charge in [0.25, 0.3) is 5.79 Å². The molecule has 23 nitrogen and oxygen atoms in total. The van der Waals surface area contributed by atoms with Crippen LogP contribution < -0.4 is 0 Å². The van der Waals surface area contributed by atoms with E-state index in [0.717, 1.165) is 70.6 Å². The predicted molar refractivity (Wildman–Crippen MR) is 257 cm³/mol. The number of carbonyl (C=O) groups excluding carboxylic acids is 2. The number of esters is 2. The van der Waals surface area contributed by atoms with Crippen LogP contribution in [-0.4, -0.2) is 135 Å². The molecule has 8 atom stereocenters. The number of phosphoric ester groups is 3. The van der Waals surface area contributed by atoms with Crippen molar-refractivity contribution in [2.45, 2.75) is 261 Å². The topological polar surface area (TPSA) is 372 Å². The van der Waals surface area contributed by atoms with Crippen LogP contribution in [0.5, 0.6) is 0 Å². The number of aliphatic hydroxyl groups excluding tert-OH is 5. The van der Waals surface area contributed by atoms with Crippen LogP contribution in [0.25, 0.3) is 0 Å². The molecule has 0 aliphatic heterocycles. The van der Waals surface area contributed by atoms with E-state index < -0.39 is 116 Å². The molecular weight excluding hydrogens is 1000 g/mol. The maximum Gasteiger partial charge on any atom is 0.499 e. The molecule has 422 valence electrons. The first-order valence-corrected chi connectivity index (χ1v) is 30.3. The summed E-state index contributed by atoms with van der Waals surface area (Å²) >= 11 is 0. The first-order valence-electron chi connectivity index (χ1n) is 25.7. The molecule has 0 saturated heterocycles. The third-order valence-corrected chi connectivity index (χ3v) is 14.1. The lowest BCUT2D eigenvalue weighted by Gasteiger charge is -2.45. The molecule has 0 radical (unpaired) electrons. The molecule has 0 heterocycles. The summed E-state index contributed by atoms with van der Waals surface area (Å²) in [5.74, 6) is -5.59. The molecule has 0 aromatic heterocycles. The summed E-state index contributed by atoms with van der Waals surface area (Å²) in [4.78, 5) is 79.3. The minimum Gasteiger partial charge on any atom is -0.462 e. The Labute approximate surface area is 419 Å². The van der Waals surface area contributed by atoms with Crippen LogP contribution in [-0.2, 0) is 55.9 Å². The molecule has 11 N–H and O–H groups in total. The van der Waals surface area contributed by atoms with E-state index in [1.54, 1.807) is 0 Å². The smallest absolute Gasteiger partial charge is 0.462 e. The standard InChI is InChI=1S/C45H89O23P3/c1-3-5-7-9-11-13-15-16-17-18-20-22-24-26-28-30-38(46)62-33-37(34-63-71(60,61)68-67-45(53)43(51)41(49)40(48)42(50)44(45)52)64-39(47)32-36(66-70(57,58)59)31-35(65-69(54,55)56)29-27-25-23-21-19-14-12-10-8-6-4-2/h35-37,40-44,48-53H,3-34H2,1-2H3,(H,60,61)(H2,54,55,56)(H2,57,58,59). The fourth-order valence-electron chi connectivity index (χ4n) is 8.17. The van der Waals surface area contributed by atoms with Crippen LogP contribution in [0.2, 0.25) is 0 Å². The van der Waals surface area contributed by atoms with E-state index in [1.165, 1.54) is 77.0 Å². The van der Waals surface area contributed by atoms with Crippen LogP contribution in [0, 0.1) is 0 Å². The quantitative estimate of drug-likeness (QED) is 0.00753. The first kappa shape index (κ1) is 68.0. The molecule has 1 aliphatic carbocycles. The summed E-state index contributed by atoms with van der Waals surface area (Å²) in [5.41, 5.74) is 0. The molecule has 8 unspecified atom stereocenters. The van der Waals surface area contributed by atoms with Gasteiger partial charge in [0.15, 0.2) is 6.10 Å². The van der Waals surface area contributed by atoms with E-state index in [0.29, 0.717) is 19.3 Å². The molecule has 71 heavy (non-hydrogen) atoms. The van der Waals surface area contributed by atoms with Crippen LogP contribution in [0.1, 0.15) is 206 Å². The number of phosphoric acid groups is 3. The summed E-state index contributed by atoms with van der Waals surface area (Å²) in [6.07, 6.45) is 8.69. The highest BCUT2D eigenvalue weighted by Crippen LogP contribution is 2.47. The lowest BCUT2D eigenvalue weighted by atomic mass is 9.82. The molecule has 1 aliphatic rings. The number of hydrogen-bond donors (Lipinski definition) is 11. The van der Waals surface area contributed by atoms with Gasteiger partial charge in [0, 0.05) is 12.8 Å². The van der Waals surface area contributed by atoms with Gasteiger partial charge in [-0.05, 0) is 12.8 Å². The zero-order valence-corrected chi connectivity index (χ0v) is 44.6. The number of aliphatic hydroxyl groups is 6. The molecule has 0 spiro atoms. The Hall–Kier alpha value is -1.01. The maximum atomic E-state index is 13.3. The van der Waals surface area contributed by atoms with Gasteiger partial charge in [-0.15, -0.1) is 4.67 Å². The van der Waals surface area contributed by atoms with Crippen molar-refractivity contribution in [3.05, 3.63) is 0 Å². The second kappa shape index (κ2) is 37.7. The number of ether oxygens (including phenoxy) is 2. The van der Waals surface area contributed by atoms with Crippen molar-refractivity contribution in [3.63, 3.8) is 0 Å². The van der Waals surface area contributed by atoms with Gasteiger partial charge in [-0.25, -0.2) is 13.7 Å². The van der Waals surface area contributed by atoms with Crippen LogP contribution in [0.3, 0.4) is 0 Å². The Bertz CT molecular complexity index is 1530. The number of unbranched alkanes of at least 4 members (excludes halogenated alkanes) is 24. The Morgan fingerprint density at radius 2 is 0.901 bits per heavy atom. The van der Waals surface area contributed by atoms with Crippen molar-refractivity contribution in [3.8, 4) is 0 Å². The molecule has 26 heteroatoms. The highest BCUT2D eigenvalue weighted by Gasteiger charge is 2.60. The highest BCUT2D eigenvalue weighted by molar-refractivity contribution is 7.47. The van der Waals surface area contributed by atoms with Crippen molar-refractivity contribution in [1.29, 1.82) is 0 Å². The normalized spacial score (nSPS) is 23.0. The number of rotatable bonds is 45. The second-order valence-corrected chi connectivity index (χ2v) is 22.5. The highest BCUT2D eigenvalue weighted by atomic mass is 31.2. The van der Waals surface area contributed by atoms with Gasteiger partial charge < -0.3 is 64.6 Å². The summed E-state index contributed by atoms with van der Waals surface area (Å²) in [5, 5.41) is 60.6. The second-order valence-electron chi connectivity index (χ2n) is 18.7. The summed E-state index contributed by atoms with van der Waals surface area (Å²) in [6.45, 7) is 2.37. The summed E-state index contributed by atoms with van der Waals surface area (Å²) in [6, 6.07) is 0. The molecule has 0 aromatic rings. The monoisotopic (exact) mass is 1090 g/mol. The molecule has 1 rings (SSSR count). The maximum absolute atomic E-state index is 13.3. The SMILES string of the molecule is CCCCCCCCCCCCCCCCCC(=O)OCC(COP(=O)(O)OOC1(O)C(O)C(O)C(O)C(O)C1O)OC(=O)CC(CC(CCCCCCCCCCCCC)OP(=O)(O)O)OP(=O)(O)O. The molecule has 0 aromatic carbocycles. The van der Waals surface area contributed by atoms with Gasteiger partial charge in [-0.3, -0.25) is 23.2 Å². The summed E-state index contributed by atoms with van der Waals surface area (Å²) < 4.78 is 65.9. The third-order valence-electron chi connectivity index (χ3n) is 12.2. The van der Waals surface area contributed by atoms with Gasteiger partial charge in [-0.1, -0.05) is 174 Å². The van der Waals surface area contributed by atoms with Crippen molar-refractivity contribution in [2.24, 2.45) is 0 Å². The fourth-order valence-corrected chi connectivity index (χ4v) is 9.91. The molecule has 0 amide bonds. The summed E-state index contributed by atoms with van der Waals surface area (Å²) in [7, 11) is -16.1. The van der Waals surface area contributed by atoms with Gasteiger partial charge in [0.05, 0.1) is 25.2 Å². The van der Waals surface area contributed by atoms with Crippen LogP contribution >= 0.6 is 23.5 Å². The van der Waals surface area contributed by atoms with Gasteiger partial charge >= 0.3 is 35.4 Å². The lowest BCUT2D eigenvalue weighted by molar-refractivity contribution is -0.450. The van der Waals surface area contributed by atoms with Crippen LogP contribution in [0.4, 0.5) is 0 Å². The Morgan fingerprint density at radius 3 is 1.32 bits per heavy atom. The van der Waals surface area contributed by atoms with E-state index in [1.807, 2.05) is 0 Å². The van der Waals surface area contributed by atoms with E-state index in [-0.39, 0.29) is 12.8 Å². The fraction of sp³-hybridized carbons (Fsp3) is 0.956. The Morgan fingerprint density at radius 1 is 0.507 bits per heavy atom. The zero-order valence-electron chi connectivity index (χ0n) is 41.9. The van der Waals surface area contributed by atoms with E-state index in [4.69, 9.17) is 23.0 Å². The van der Waals surface area contributed by atoms with Gasteiger partial charge in [-0.2, -0.15) is 4.89 Å². The third kappa shape index (κ3) is 32.9. The minimum atomic E-state index is -5.60.